The highest BCUT2D eigenvalue weighted by atomic mass is 19.1. The lowest BCUT2D eigenvalue weighted by molar-refractivity contribution is 0.609. The third-order valence-corrected chi connectivity index (χ3v) is 3.19. The predicted molar refractivity (Wildman–Crippen MR) is 66.3 cm³/mol. The Hall–Kier alpha value is -1.61. The van der Waals surface area contributed by atoms with E-state index in [4.69, 9.17) is 4.42 Å². The van der Waals surface area contributed by atoms with Crippen molar-refractivity contribution in [2.75, 3.05) is 13.1 Å². The summed E-state index contributed by atoms with van der Waals surface area (Å²) in [5.74, 6) is -0.218. The highest BCUT2D eigenvalue weighted by Gasteiger charge is 2.13. The van der Waals surface area contributed by atoms with Gasteiger partial charge in [-0.1, -0.05) is 6.08 Å². The van der Waals surface area contributed by atoms with Gasteiger partial charge in [-0.25, -0.2) is 4.39 Å². The van der Waals surface area contributed by atoms with E-state index in [9.17, 15) is 4.39 Å². The molecule has 0 unspecified atom stereocenters. The standard InChI is InChI=1S/C14H14FNO/c15-13-4-3-11(14-12(13)6-9-17-14)10-2-1-7-16-8-5-10/h2-4,6,9,16H,1,5,7-8H2. The zero-order valence-corrected chi connectivity index (χ0v) is 9.50. The molecule has 1 aliphatic rings. The van der Waals surface area contributed by atoms with Crippen molar-refractivity contribution in [2.24, 2.45) is 0 Å². The summed E-state index contributed by atoms with van der Waals surface area (Å²) in [6, 6.07) is 5.02. The van der Waals surface area contributed by atoms with Gasteiger partial charge in [-0.15, -0.1) is 0 Å². The predicted octanol–water partition coefficient (Wildman–Crippen LogP) is 3.34. The molecule has 2 heterocycles. The Kier molecular flexibility index (Phi) is 2.69. The summed E-state index contributed by atoms with van der Waals surface area (Å²) in [4.78, 5) is 0. The molecule has 2 aromatic rings. The van der Waals surface area contributed by atoms with Crippen molar-refractivity contribution in [1.29, 1.82) is 0 Å². The first-order valence-corrected chi connectivity index (χ1v) is 5.92. The number of rotatable bonds is 1. The fourth-order valence-electron chi connectivity index (χ4n) is 2.32. The van der Waals surface area contributed by atoms with Crippen LogP contribution in [0.4, 0.5) is 4.39 Å². The van der Waals surface area contributed by atoms with Crippen molar-refractivity contribution in [1.82, 2.24) is 5.32 Å². The van der Waals surface area contributed by atoms with Gasteiger partial charge in [0, 0.05) is 5.56 Å². The number of furan rings is 1. The number of fused-ring (bicyclic) bond motifs is 1. The van der Waals surface area contributed by atoms with E-state index >= 15 is 0 Å². The van der Waals surface area contributed by atoms with Crippen LogP contribution in [0.3, 0.4) is 0 Å². The first-order valence-electron chi connectivity index (χ1n) is 5.92. The van der Waals surface area contributed by atoms with E-state index in [1.165, 1.54) is 11.6 Å². The van der Waals surface area contributed by atoms with E-state index < -0.39 is 0 Å². The lowest BCUT2D eigenvalue weighted by Gasteiger charge is -2.06. The molecule has 0 radical (unpaired) electrons. The van der Waals surface area contributed by atoms with Gasteiger partial charge in [0.15, 0.2) is 0 Å². The number of benzene rings is 1. The van der Waals surface area contributed by atoms with Crippen molar-refractivity contribution >= 4 is 16.5 Å². The fourth-order valence-corrected chi connectivity index (χ4v) is 2.32. The lowest BCUT2D eigenvalue weighted by atomic mass is 10.00. The van der Waals surface area contributed by atoms with Gasteiger partial charge in [-0.05, 0) is 49.7 Å². The molecule has 0 bridgehead atoms. The summed E-state index contributed by atoms with van der Waals surface area (Å²) in [6.07, 6.45) is 5.73. The quantitative estimate of drug-likeness (QED) is 0.814. The fraction of sp³-hybridized carbons (Fsp3) is 0.286. The van der Waals surface area contributed by atoms with Crippen LogP contribution < -0.4 is 5.32 Å². The van der Waals surface area contributed by atoms with E-state index in [0.717, 1.165) is 31.5 Å². The minimum atomic E-state index is -0.218. The maximum Gasteiger partial charge on any atom is 0.144 e. The Morgan fingerprint density at radius 3 is 3.06 bits per heavy atom. The Morgan fingerprint density at radius 2 is 2.12 bits per heavy atom. The summed E-state index contributed by atoms with van der Waals surface area (Å²) >= 11 is 0. The summed E-state index contributed by atoms with van der Waals surface area (Å²) in [5, 5.41) is 3.91. The molecule has 88 valence electrons. The third-order valence-electron chi connectivity index (χ3n) is 3.19. The van der Waals surface area contributed by atoms with Gasteiger partial charge in [0.2, 0.25) is 0 Å². The highest BCUT2D eigenvalue weighted by Crippen LogP contribution is 2.30. The van der Waals surface area contributed by atoms with E-state index in [1.54, 1.807) is 12.3 Å². The Labute approximate surface area is 99.1 Å². The summed E-state index contributed by atoms with van der Waals surface area (Å²) < 4.78 is 19.0. The molecule has 0 saturated carbocycles. The van der Waals surface area contributed by atoms with Gasteiger partial charge in [-0.2, -0.15) is 0 Å². The molecule has 3 heteroatoms. The monoisotopic (exact) mass is 231 g/mol. The van der Waals surface area contributed by atoms with Gasteiger partial charge in [0.25, 0.3) is 0 Å². The van der Waals surface area contributed by atoms with Crippen molar-refractivity contribution in [3.8, 4) is 0 Å². The summed E-state index contributed by atoms with van der Waals surface area (Å²) in [6.45, 7) is 1.97. The Morgan fingerprint density at radius 1 is 1.18 bits per heavy atom. The normalized spacial score (nSPS) is 16.9. The molecular weight excluding hydrogens is 217 g/mol. The van der Waals surface area contributed by atoms with Crippen LogP contribution in [0.5, 0.6) is 0 Å². The second-order valence-electron chi connectivity index (χ2n) is 4.28. The Balaban J connectivity index is 2.13. The van der Waals surface area contributed by atoms with Crippen molar-refractivity contribution in [3.63, 3.8) is 0 Å². The average molecular weight is 231 g/mol. The first-order chi connectivity index (χ1) is 8.36. The van der Waals surface area contributed by atoms with E-state index in [-0.39, 0.29) is 5.82 Å². The SMILES string of the molecule is Fc1ccc(C2=CCCNCC2)c2occc12. The molecular formula is C14H14FNO. The van der Waals surface area contributed by atoms with Gasteiger partial charge >= 0.3 is 0 Å². The minimum absolute atomic E-state index is 0.218. The van der Waals surface area contributed by atoms with Gasteiger partial charge in [0.05, 0.1) is 11.6 Å². The molecule has 0 amide bonds. The molecule has 3 rings (SSSR count). The summed E-state index contributed by atoms with van der Waals surface area (Å²) in [5.41, 5.74) is 2.93. The number of hydrogen-bond donors (Lipinski definition) is 1. The van der Waals surface area contributed by atoms with Crippen LogP contribution in [0.25, 0.3) is 16.5 Å². The van der Waals surface area contributed by atoms with Crippen LogP contribution in [0.1, 0.15) is 18.4 Å². The second-order valence-corrected chi connectivity index (χ2v) is 4.28. The maximum atomic E-state index is 13.6. The van der Waals surface area contributed by atoms with Crippen molar-refractivity contribution < 1.29 is 8.81 Å². The van der Waals surface area contributed by atoms with Crippen molar-refractivity contribution in [2.45, 2.75) is 12.8 Å². The minimum Gasteiger partial charge on any atom is -0.464 e. The molecule has 0 atom stereocenters. The zero-order chi connectivity index (χ0) is 11.7. The number of nitrogens with one attached hydrogen (secondary N) is 1. The molecule has 0 fully saturated rings. The first kappa shape index (κ1) is 10.5. The van der Waals surface area contributed by atoms with Crippen LogP contribution in [-0.2, 0) is 0 Å². The molecule has 2 nitrogen and oxygen atoms in total. The van der Waals surface area contributed by atoms with Crippen LogP contribution in [0, 0.1) is 5.82 Å². The third kappa shape index (κ3) is 1.87. The van der Waals surface area contributed by atoms with Gasteiger partial charge in [0.1, 0.15) is 11.4 Å². The average Bonchev–Trinajstić information content (AvgIpc) is 2.67. The van der Waals surface area contributed by atoms with Crippen molar-refractivity contribution in [3.05, 3.63) is 41.9 Å². The topological polar surface area (TPSA) is 25.2 Å². The molecule has 1 aromatic carbocycles. The van der Waals surface area contributed by atoms with Crippen LogP contribution in [-0.4, -0.2) is 13.1 Å². The molecule has 17 heavy (non-hydrogen) atoms. The maximum absolute atomic E-state index is 13.6. The lowest BCUT2D eigenvalue weighted by Crippen LogP contribution is -2.13. The van der Waals surface area contributed by atoms with Crippen LogP contribution >= 0.6 is 0 Å². The zero-order valence-electron chi connectivity index (χ0n) is 9.50. The van der Waals surface area contributed by atoms with Gasteiger partial charge in [-0.3, -0.25) is 0 Å². The van der Waals surface area contributed by atoms with E-state index in [1.807, 2.05) is 6.07 Å². The number of halogens is 1. The molecule has 0 aliphatic carbocycles. The molecule has 1 N–H and O–H groups in total. The van der Waals surface area contributed by atoms with E-state index in [2.05, 4.69) is 11.4 Å². The van der Waals surface area contributed by atoms with Crippen LogP contribution in [0.15, 0.2) is 35.0 Å². The smallest absolute Gasteiger partial charge is 0.144 e. The molecule has 0 spiro atoms. The number of hydrogen-bond acceptors (Lipinski definition) is 2. The van der Waals surface area contributed by atoms with Crippen LogP contribution in [0.2, 0.25) is 0 Å². The largest absolute Gasteiger partial charge is 0.464 e. The molecule has 1 aliphatic heterocycles. The van der Waals surface area contributed by atoms with Gasteiger partial charge < -0.3 is 9.73 Å². The molecule has 0 saturated heterocycles. The van der Waals surface area contributed by atoms with E-state index in [0.29, 0.717) is 11.0 Å². The second kappa shape index (κ2) is 4.34. The highest BCUT2D eigenvalue weighted by molar-refractivity contribution is 5.90. The molecule has 1 aromatic heterocycles. The summed E-state index contributed by atoms with van der Waals surface area (Å²) in [7, 11) is 0. The Bertz CT molecular complexity index is 571.